The van der Waals surface area contributed by atoms with E-state index in [2.05, 4.69) is 10.3 Å². The fraction of sp³-hybridized carbons (Fsp3) is 0.429. The Balaban J connectivity index is 1.60. The van der Waals surface area contributed by atoms with E-state index in [1.807, 2.05) is 0 Å². The van der Waals surface area contributed by atoms with Crippen molar-refractivity contribution in [2.75, 3.05) is 13.2 Å². The molecule has 1 aromatic heterocycles. The number of aromatic amines is 1. The molecule has 6 heteroatoms. The third-order valence-corrected chi connectivity index (χ3v) is 3.40. The van der Waals surface area contributed by atoms with Crippen molar-refractivity contribution in [3.05, 3.63) is 34.3 Å². The maximum absolute atomic E-state index is 11.8. The summed E-state index contributed by atoms with van der Waals surface area (Å²) in [6.07, 6.45) is 2.48. The van der Waals surface area contributed by atoms with Crippen LogP contribution < -0.4 is 11.1 Å². The number of hydrogen-bond acceptors (Lipinski definition) is 4. The average molecular weight is 276 g/mol. The highest BCUT2D eigenvalue weighted by Crippen LogP contribution is 2.13. The molecule has 1 aromatic carbocycles. The first kappa shape index (κ1) is 12.9. The van der Waals surface area contributed by atoms with Crippen LogP contribution in [-0.2, 0) is 16.0 Å². The van der Waals surface area contributed by atoms with Crippen molar-refractivity contribution in [3.63, 3.8) is 0 Å². The summed E-state index contributed by atoms with van der Waals surface area (Å²) in [6, 6.07) is 5.23. The second-order valence-corrected chi connectivity index (χ2v) is 4.96. The van der Waals surface area contributed by atoms with Crippen molar-refractivity contribution in [1.82, 2.24) is 10.3 Å². The molecule has 3 rings (SSSR count). The van der Waals surface area contributed by atoms with Crippen molar-refractivity contribution in [1.29, 1.82) is 0 Å². The molecule has 1 unspecified atom stereocenters. The first-order chi connectivity index (χ1) is 9.70. The van der Waals surface area contributed by atoms with Gasteiger partial charge in [-0.05, 0) is 30.5 Å². The number of carbonyl (C=O) groups is 1. The molecule has 0 saturated carbocycles. The first-order valence-electron chi connectivity index (χ1n) is 6.71. The van der Waals surface area contributed by atoms with Gasteiger partial charge in [0.05, 0.1) is 18.0 Å². The van der Waals surface area contributed by atoms with E-state index < -0.39 is 5.76 Å². The minimum absolute atomic E-state index is 0.0503. The summed E-state index contributed by atoms with van der Waals surface area (Å²) < 4.78 is 10.4. The van der Waals surface area contributed by atoms with Crippen molar-refractivity contribution in [3.8, 4) is 0 Å². The first-order valence-corrected chi connectivity index (χ1v) is 6.71. The molecule has 2 heterocycles. The van der Waals surface area contributed by atoms with E-state index in [1.54, 1.807) is 18.2 Å². The van der Waals surface area contributed by atoms with Crippen molar-refractivity contribution >= 4 is 17.0 Å². The van der Waals surface area contributed by atoms with E-state index in [9.17, 15) is 9.59 Å². The van der Waals surface area contributed by atoms with Crippen LogP contribution in [0.3, 0.4) is 0 Å². The molecule has 1 saturated heterocycles. The molecule has 0 bridgehead atoms. The molecule has 106 valence electrons. The predicted octanol–water partition coefficient (Wildman–Crippen LogP) is 0.959. The van der Waals surface area contributed by atoms with Crippen LogP contribution in [0.2, 0.25) is 0 Å². The Hall–Kier alpha value is -2.08. The lowest BCUT2D eigenvalue weighted by Gasteiger charge is -2.10. The highest BCUT2D eigenvalue weighted by Gasteiger charge is 2.16. The zero-order valence-corrected chi connectivity index (χ0v) is 11.0. The maximum atomic E-state index is 11.8. The molecular formula is C14H16N2O4. The summed E-state index contributed by atoms with van der Waals surface area (Å²) in [5.41, 5.74) is 1.94. The number of nitrogens with one attached hydrogen (secondary N) is 2. The molecule has 1 fully saturated rings. The number of ether oxygens (including phenoxy) is 1. The molecule has 1 aliphatic rings. The van der Waals surface area contributed by atoms with Gasteiger partial charge in [0.2, 0.25) is 5.91 Å². The molecule has 20 heavy (non-hydrogen) atoms. The lowest BCUT2D eigenvalue weighted by molar-refractivity contribution is -0.120. The number of amides is 1. The van der Waals surface area contributed by atoms with Gasteiger partial charge in [-0.2, -0.15) is 0 Å². The Bertz CT molecular complexity index is 667. The topological polar surface area (TPSA) is 84.3 Å². The van der Waals surface area contributed by atoms with E-state index in [0.717, 1.165) is 25.0 Å². The Labute approximate surface area is 115 Å². The van der Waals surface area contributed by atoms with Crippen LogP contribution in [0, 0.1) is 0 Å². The average Bonchev–Trinajstić information content (AvgIpc) is 3.04. The maximum Gasteiger partial charge on any atom is 0.417 e. The number of aromatic nitrogens is 1. The minimum Gasteiger partial charge on any atom is -0.408 e. The fourth-order valence-electron chi connectivity index (χ4n) is 2.39. The third-order valence-electron chi connectivity index (χ3n) is 3.40. The Kier molecular flexibility index (Phi) is 3.56. The van der Waals surface area contributed by atoms with Gasteiger partial charge in [0.15, 0.2) is 5.58 Å². The van der Waals surface area contributed by atoms with Gasteiger partial charge in [0.1, 0.15) is 0 Å². The monoisotopic (exact) mass is 276 g/mol. The van der Waals surface area contributed by atoms with E-state index in [1.165, 1.54) is 0 Å². The van der Waals surface area contributed by atoms with Gasteiger partial charge in [-0.15, -0.1) is 0 Å². The number of rotatable bonds is 4. The highest BCUT2D eigenvalue weighted by atomic mass is 16.5. The summed E-state index contributed by atoms with van der Waals surface area (Å²) in [5.74, 6) is -0.536. The lowest BCUT2D eigenvalue weighted by Crippen LogP contribution is -2.32. The summed E-state index contributed by atoms with van der Waals surface area (Å²) in [4.78, 5) is 25.5. The number of oxazole rings is 1. The Morgan fingerprint density at radius 1 is 1.45 bits per heavy atom. The molecule has 2 N–H and O–H groups in total. The van der Waals surface area contributed by atoms with Crippen LogP contribution in [-0.4, -0.2) is 30.1 Å². The standard InChI is InChI=1S/C14H16N2O4/c17-13(15-8-10-2-1-5-19-10)7-9-3-4-12-11(6-9)16-14(18)20-12/h3-4,6,10H,1-2,5,7-8H2,(H,15,17)(H,16,18). The van der Waals surface area contributed by atoms with Gasteiger partial charge in [-0.1, -0.05) is 6.07 Å². The molecule has 6 nitrogen and oxygen atoms in total. The highest BCUT2D eigenvalue weighted by molar-refractivity contribution is 5.80. The van der Waals surface area contributed by atoms with Gasteiger partial charge in [-0.3, -0.25) is 9.78 Å². The minimum atomic E-state index is -0.486. The van der Waals surface area contributed by atoms with Crippen molar-refractivity contribution in [2.24, 2.45) is 0 Å². The van der Waals surface area contributed by atoms with Gasteiger partial charge in [0, 0.05) is 13.2 Å². The van der Waals surface area contributed by atoms with Gasteiger partial charge < -0.3 is 14.5 Å². The van der Waals surface area contributed by atoms with Crippen molar-refractivity contribution < 1.29 is 13.9 Å². The smallest absolute Gasteiger partial charge is 0.408 e. The molecule has 1 atom stereocenters. The second kappa shape index (κ2) is 5.50. The third kappa shape index (κ3) is 2.91. The van der Waals surface area contributed by atoms with Gasteiger partial charge in [-0.25, -0.2) is 4.79 Å². The quantitative estimate of drug-likeness (QED) is 0.871. The molecule has 0 aliphatic carbocycles. The Morgan fingerprint density at radius 2 is 2.35 bits per heavy atom. The fourth-order valence-corrected chi connectivity index (χ4v) is 2.39. The number of hydrogen-bond donors (Lipinski definition) is 2. The molecule has 1 amide bonds. The van der Waals surface area contributed by atoms with Gasteiger partial charge >= 0.3 is 5.76 Å². The largest absolute Gasteiger partial charge is 0.417 e. The normalized spacial score (nSPS) is 18.5. The van der Waals surface area contributed by atoms with Crippen LogP contribution in [0.5, 0.6) is 0 Å². The van der Waals surface area contributed by atoms with E-state index in [0.29, 0.717) is 17.6 Å². The predicted molar refractivity (Wildman–Crippen MR) is 72.5 cm³/mol. The van der Waals surface area contributed by atoms with Crippen LogP contribution in [0.15, 0.2) is 27.4 Å². The summed E-state index contributed by atoms with van der Waals surface area (Å²) >= 11 is 0. The summed E-state index contributed by atoms with van der Waals surface area (Å²) in [5, 5.41) is 2.87. The van der Waals surface area contributed by atoms with Gasteiger partial charge in [0.25, 0.3) is 0 Å². The zero-order chi connectivity index (χ0) is 13.9. The molecule has 1 aliphatic heterocycles. The SMILES string of the molecule is O=C(Cc1ccc2oc(=O)[nH]c2c1)NCC1CCCO1. The number of carbonyl (C=O) groups excluding carboxylic acids is 1. The van der Waals surface area contributed by atoms with Crippen LogP contribution in [0.4, 0.5) is 0 Å². The molecule has 0 spiro atoms. The van der Waals surface area contributed by atoms with Crippen LogP contribution in [0.1, 0.15) is 18.4 Å². The summed E-state index contributed by atoms with van der Waals surface area (Å²) in [7, 11) is 0. The van der Waals surface area contributed by atoms with E-state index >= 15 is 0 Å². The second-order valence-electron chi connectivity index (χ2n) is 4.96. The zero-order valence-electron chi connectivity index (χ0n) is 11.0. The van der Waals surface area contributed by atoms with E-state index in [-0.39, 0.29) is 18.4 Å². The summed E-state index contributed by atoms with van der Waals surface area (Å²) in [6.45, 7) is 1.34. The van der Waals surface area contributed by atoms with E-state index in [4.69, 9.17) is 9.15 Å². The molecular weight excluding hydrogens is 260 g/mol. The van der Waals surface area contributed by atoms with Crippen LogP contribution in [0.25, 0.3) is 11.1 Å². The Morgan fingerprint density at radius 3 is 3.15 bits per heavy atom. The lowest BCUT2D eigenvalue weighted by atomic mass is 10.1. The number of fused-ring (bicyclic) bond motifs is 1. The van der Waals surface area contributed by atoms with Crippen LogP contribution >= 0.6 is 0 Å². The number of benzene rings is 1. The molecule has 2 aromatic rings. The number of H-pyrrole nitrogens is 1. The van der Waals surface area contributed by atoms with Crippen molar-refractivity contribution in [2.45, 2.75) is 25.4 Å². The molecule has 0 radical (unpaired) electrons.